The molecule has 33 heavy (non-hydrogen) atoms. The van der Waals surface area contributed by atoms with Crippen LogP contribution in [-0.4, -0.2) is 30.6 Å². The lowest BCUT2D eigenvalue weighted by atomic mass is 9.88. The lowest BCUT2D eigenvalue weighted by Gasteiger charge is -2.17. The SMILES string of the molecule is CC/C(=C(/c1ccc(/C=C/c2nn[nH]n2)cc1)c1ccc2scnc2c1)c1ccncc1Cl. The Bertz CT molecular complexity index is 1450. The highest BCUT2D eigenvalue weighted by molar-refractivity contribution is 7.16. The fourth-order valence-electron chi connectivity index (χ4n) is 3.82. The first-order chi connectivity index (χ1) is 16.2. The van der Waals surface area contributed by atoms with Crippen molar-refractivity contribution in [3.8, 4) is 0 Å². The van der Waals surface area contributed by atoms with Gasteiger partial charge < -0.3 is 0 Å². The molecule has 0 unspecified atom stereocenters. The Morgan fingerprint density at radius 2 is 1.91 bits per heavy atom. The summed E-state index contributed by atoms with van der Waals surface area (Å²) in [5.41, 5.74) is 9.40. The smallest absolute Gasteiger partial charge is 0.197 e. The zero-order valence-electron chi connectivity index (χ0n) is 17.7. The van der Waals surface area contributed by atoms with Crippen LogP contribution in [0, 0.1) is 0 Å². The van der Waals surface area contributed by atoms with Gasteiger partial charge in [0.1, 0.15) is 0 Å². The number of H-pyrrole nitrogens is 1. The highest BCUT2D eigenvalue weighted by Crippen LogP contribution is 2.38. The Labute approximate surface area is 199 Å². The zero-order valence-corrected chi connectivity index (χ0v) is 19.3. The number of fused-ring (bicyclic) bond motifs is 1. The van der Waals surface area contributed by atoms with Gasteiger partial charge in [0.05, 0.1) is 20.7 Å². The van der Waals surface area contributed by atoms with Crippen LogP contribution < -0.4 is 0 Å². The topological polar surface area (TPSA) is 80.2 Å². The Morgan fingerprint density at radius 1 is 1.06 bits per heavy atom. The molecule has 3 aromatic heterocycles. The molecule has 6 nitrogen and oxygen atoms in total. The van der Waals surface area contributed by atoms with Gasteiger partial charge in [0.15, 0.2) is 5.82 Å². The van der Waals surface area contributed by atoms with Crippen molar-refractivity contribution in [2.75, 3.05) is 0 Å². The standard InChI is InChI=1S/C25H19ClN6S/c1-2-19(20-11-12-27-14-21(20)26)25(18-8-9-23-22(13-18)28-15-33-23)17-6-3-16(4-7-17)5-10-24-29-31-32-30-24/h3-15H,2H2,1H3,(H,29,30,31,32)/b10-5+,25-19+. The molecule has 1 N–H and O–H groups in total. The number of allylic oxidation sites excluding steroid dienone is 1. The van der Waals surface area contributed by atoms with E-state index in [0.717, 1.165) is 45.3 Å². The second-order valence-corrected chi connectivity index (χ2v) is 8.62. The molecule has 0 aliphatic carbocycles. The van der Waals surface area contributed by atoms with Crippen LogP contribution in [0.25, 0.3) is 33.5 Å². The van der Waals surface area contributed by atoms with Crippen LogP contribution in [-0.2, 0) is 0 Å². The van der Waals surface area contributed by atoms with E-state index >= 15 is 0 Å². The van der Waals surface area contributed by atoms with Crippen molar-refractivity contribution in [1.82, 2.24) is 30.6 Å². The second-order valence-electron chi connectivity index (χ2n) is 7.32. The van der Waals surface area contributed by atoms with Crippen LogP contribution in [0.4, 0.5) is 0 Å². The van der Waals surface area contributed by atoms with Gasteiger partial charge in [-0.2, -0.15) is 5.21 Å². The predicted octanol–water partition coefficient (Wildman–Crippen LogP) is 6.40. The first kappa shape index (κ1) is 21.2. The number of aromatic nitrogens is 6. The van der Waals surface area contributed by atoms with Crippen molar-refractivity contribution in [3.63, 3.8) is 0 Å². The molecule has 0 fully saturated rings. The molecule has 5 aromatic rings. The van der Waals surface area contributed by atoms with E-state index in [1.54, 1.807) is 23.7 Å². The molecule has 2 aromatic carbocycles. The molecule has 0 saturated heterocycles. The van der Waals surface area contributed by atoms with Gasteiger partial charge in [-0.3, -0.25) is 4.98 Å². The number of tetrazole rings is 1. The molecule has 0 atom stereocenters. The van der Waals surface area contributed by atoms with Crippen molar-refractivity contribution in [3.05, 3.63) is 99.5 Å². The average molecular weight is 471 g/mol. The van der Waals surface area contributed by atoms with E-state index in [1.807, 2.05) is 23.7 Å². The fraction of sp³-hybridized carbons (Fsp3) is 0.0800. The molecule has 3 heterocycles. The van der Waals surface area contributed by atoms with Crippen LogP contribution in [0.3, 0.4) is 0 Å². The molecular weight excluding hydrogens is 452 g/mol. The van der Waals surface area contributed by atoms with Gasteiger partial charge in [-0.25, -0.2) is 4.98 Å². The third-order valence-corrected chi connectivity index (χ3v) is 6.47. The number of rotatable bonds is 6. The quantitative estimate of drug-likeness (QED) is 0.310. The molecule has 0 amide bonds. The van der Waals surface area contributed by atoms with Crippen LogP contribution >= 0.6 is 22.9 Å². The van der Waals surface area contributed by atoms with Crippen molar-refractivity contribution in [2.24, 2.45) is 0 Å². The van der Waals surface area contributed by atoms with E-state index in [0.29, 0.717) is 10.8 Å². The third-order valence-electron chi connectivity index (χ3n) is 5.36. The lowest BCUT2D eigenvalue weighted by molar-refractivity contribution is 0.881. The minimum absolute atomic E-state index is 0.539. The van der Waals surface area contributed by atoms with E-state index in [-0.39, 0.29) is 0 Å². The van der Waals surface area contributed by atoms with Crippen molar-refractivity contribution in [1.29, 1.82) is 0 Å². The molecule has 0 aliphatic heterocycles. The molecule has 8 heteroatoms. The second kappa shape index (κ2) is 9.44. The molecular formula is C25H19ClN6S. The Morgan fingerprint density at radius 3 is 2.67 bits per heavy atom. The molecule has 0 bridgehead atoms. The molecule has 0 spiro atoms. The normalized spacial score (nSPS) is 12.4. The highest BCUT2D eigenvalue weighted by Gasteiger charge is 2.16. The Hall–Kier alpha value is -3.68. The maximum absolute atomic E-state index is 6.57. The van der Waals surface area contributed by atoms with Crippen LogP contribution in [0.5, 0.6) is 0 Å². The van der Waals surface area contributed by atoms with Gasteiger partial charge in [0.25, 0.3) is 0 Å². The number of aromatic amines is 1. The lowest BCUT2D eigenvalue weighted by Crippen LogP contribution is -1.96. The van der Waals surface area contributed by atoms with E-state index in [9.17, 15) is 0 Å². The van der Waals surface area contributed by atoms with Crippen molar-refractivity contribution in [2.45, 2.75) is 13.3 Å². The van der Waals surface area contributed by atoms with Gasteiger partial charge in [0, 0.05) is 12.4 Å². The number of hydrogen-bond acceptors (Lipinski definition) is 6. The van der Waals surface area contributed by atoms with Gasteiger partial charge in [0.2, 0.25) is 0 Å². The largest absolute Gasteiger partial charge is 0.263 e. The summed E-state index contributed by atoms with van der Waals surface area (Å²) in [6, 6.07) is 16.8. The summed E-state index contributed by atoms with van der Waals surface area (Å²) >= 11 is 8.22. The molecule has 162 valence electrons. The number of benzene rings is 2. The third kappa shape index (κ3) is 4.46. The number of nitrogens with zero attached hydrogens (tertiary/aromatic N) is 5. The average Bonchev–Trinajstić information content (AvgIpc) is 3.54. The van der Waals surface area contributed by atoms with Gasteiger partial charge >= 0.3 is 0 Å². The first-order valence-corrected chi connectivity index (χ1v) is 11.7. The summed E-state index contributed by atoms with van der Waals surface area (Å²) in [6.07, 6.45) is 8.07. The van der Waals surface area contributed by atoms with E-state index < -0.39 is 0 Å². The number of nitrogens with one attached hydrogen (secondary N) is 1. The van der Waals surface area contributed by atoms with Gasteiger partial charge in [-0.1, -0.05) is 54.9 Å². The summed E-state index contributed by atoms with van der Waals surface area (Å²) in [7, 11) is 0. The summed E-state index contributed by atoms with van der Waals surface area (Å²) in [5.74, 6) is 0.539. The Balaban J connectivity index is 1.64. The van der Waals surface area contributed by atoms with Gasteiger partial charge in [-0.15, -0.1) is 21.5 Å². The number of pyridine rings is 1. The number of hydrogen-bond donors (Lipinski definition) is 1. The zero-order chi connectivity index (χ0) is 22.6. The van der Waals surface area contributed by atoms with Crippen LogP contribution in [0.2, 0.25) is 5.02 Å². The monoisotopic (exact) mass is 470 g/mol. The molecule has 0 saturated carbocycles. The summed E-state index contributed by atoms with van der Waals surface area (Å²) in [6.45, 7) is 2.15. The first-order valence-electron chi connectivity index (χ1n) is 10.4. The van der Waals surface area contributed by atoms with Crippen LogP contribution in [0.15, 0.2) is 66.4 Å². The summed E-state index contributed by atoms with van der Waals surface area (Å²) in [5, 5.41) is 14.6. The molecule has 0 radical (unpaired) electrons. The van der Waals surface area contributed by atoms with E-state index in [4.69, 9.17) is 11.6 Å². The predicted molar refractivity (Wildman–Crippen MR) is 135 cm³/mol. The van der Waals surface area contributed by atoms with Crippen LogP contribution in [0.1, 0.15) is 41.4 Å². The van der Waals surface area contributed by atoms with E-state index in [1.165, 1.54) is 4.70 Å². The maximum atomic E-state index is 6.57. The minimum Gasteiger partial charge on any atom is -0.263 e. The van der Waals surface area contributed by atoms with Gasteiger partial charge in [-0.05, 0) is 69.3 Å². The van der Waals surface area contributed by atoms with E-state index in [2.05, 4.69) is 80.0 Å². The summed E-state index contributed by atoms with van der Waals surface area (Å²) < 4.78 is 1.17. The minimum atomic E-state index is 0.539. The van der Waals surface area contributed by atoms with Crippen molar-refractivity contribution < 1.29 is 0 Å². The maximum Gasteiger partial charge on any atom is 0.197 e. The Kier molecular flexibility index (Phi) is 6.06. The molecule has 0 aliphatic rings. The number of thiazole rings is 1. The summed E-state index contributed by atoms with van der Waals surface area (Å²) in [4.78, 5) is 8.69. The highest BCUT2D eigenvalue weighted by atomic mass is 35.5. The number of halogens is 1. The fourth-order valence-corrected chi connectivity index (χ4v) is 4.71. The molecule has 5 rings (SSSR count). The van der Waals surface area contributed by atoms with Crippen molar-refractivity contribution >= 4 is 56.5 Å².